The van der Waals surface area contributed by atoms with E-state index in [0.29, 0.717) is 5.75 Å². The first kappa shape index (κ1) is 30.6. The van der Waals surface area contributed by atoms with Crippen LogP contribution in [0.4, 0.5) is 5.69 Å². The molecule has 10 heteroatoms. The van der Waals surface area contributed by atoms with Gasteiger partial charge < -0.3 is 15.0 Å². The zero-order valence-corrected chi connectivity index (χ0v) is 25.7. The standard InChI is InChI=1S/C31H36BrN3O5S/c1-23(31(37)33-26-10-5-3-6-11-26)34(21-24-16-18-25(32)19-17-24)30(36)22-35(27-12-9-13-28(20-27)40-2)41(38,39)29-14-7-4-8-15-29/h4,7-9,12-20,23,26H,3,5-6,10-11,21-22H2,1-2H3,(H,33,37)/t23-/m0/s1. The monoisotopic (exact) mass is 641 g/mol. The van der Waals surface area contributed by atoms with Crippen molar-refractivity contribution >= 4 is 43.5 Å². The van der Waals surface area contributed by atoms with Gasteiger partial charge in [0.25, 0.3) is 10.0 Å². The Morgan fingerprint density at radius 2 is 1.66 bits per heavy atom. The molecule has 1 fully saturated rings. The molecule has 1 N–H and O–H groups in total. The van der Waals surface area contributed by atoms with E-state index in [4.69, 9.17) is 4.74 Å². The van der Waals surface area contributed by atoms with E-state index in [1.165, 1.54) is 24.1 Å². The average Bonchev–Trinajstić information content (AvgIpc) is 3.00. The first-order valence-corrected chi connectivity index (χ1v) is 16.0. The number of halogens is 1. The number of methoxy groups -OCH3 is 1. The fourth-order valence-electron chi connectivity index (χ4n) is 4.95. The quantitative estimate of drug-likeness (QED) is 0.297. The number of carbonyl (C=O) groups is 2. The van der Waals surface area contributed by atoms with E-state index in [0.717, 1.165) is 46.4 Å². The van der Waals surface area contributed by atoms with Crippen LogP contribution in [0.3, 0.4) is 0 Å². The molecule has 8 nitrogen and oxygen atoms in total. The van der Waals surface area contributed by atoms with Gasteiger partial charge in [0, 0.05) is 23.1 Å². The molecule has 0 aliphatic heterocycles. The molecule has 218 valence electrons. The molecular weight excluding hydrogens is 606 g/mol. The lowest BCUT2D eigenvalue weighted by molar-refractivity contribution is -0.139. The van der Waals surface area contributed by atoms with E-state index < -0.39 is 28.5 Å². The van der Waals surface area contributed by atoms with Crippen LogP contribution in [0.5, 0.6) is 5.75 Å². The SMILES string of the molecule is COc1cccc(N(CC(=O)N(Cc2ccc(Br)cc2)[C@@H](C)C(=O)NC2CCCCC2)S(=O)(=O)c2ccccc2)c1. The topological polar surface area (TPSA) is 96.0 Å². The molecule has 0 bridgehead atoms. The van der Waals surface area contributed by atoms with Crippen LogP contribution in [0.15, 0.2) is 88.2 Å². The smallest absolute Gasteiger partial charge is 0.264 e. The lowest BCUT2D eigenvalue weighted by atomic mass is 9.95. The highest BCUT2D eigenvalue weighted by Gasteiger charge is 2.33. The second kappa shape index (κ2) is 14.0. The summed E-state index contributed by atoms with van der Waals surface area (Å²) in [7, 11) is -2.64. The fraction of sp³-hybridized carbons (Fsp3) is 0.355. The maximum Gasteiger partial charge on any atom is 0.264 e. The van der Waals surface area contributed by atoms with Crippen molar-refractivity contribution in [1.82, 2.24) is 10.2 Å². The predicted octanol–water partition coefficient (Wildman–Crippen LogP) is 5.52. The third kappa shape index (κ3) is 7.89. The minimum absolute atomic E-state index is 0.0539. The summed E-state index contributed by atoms with van der Waals surface area (Å²) in [5, 5.41) is 3.12. The van der Waals surface area contributed by atoms with E-state index in [-0.39, 0.29) is 29.1 Å². The Labute approximate surface area is 250 Å². The summed E-state index contributed by atoms with van der Waals surface area (Å²) < 4.78 is 35.1. The Bertz CT molecular complexity index is 1430. The number of amides is 2. The van der Waals surface area contributed by atoms with Crippen LogP contribution in [-0.4, -0.2) is 50.9 Å². The van der Waals surface area contributed by atoms with Crippen LogP contribution in [0.25, 0.3) is 0 Å². The highest BCUT2D eigenvalue weighted by atomic mass is 79.9. The van der Waals surface area contributed by atoms with Gasteiger partial charge in [-0.1, -0.05) is 71.6 Å². The molecule has 1 saturated carbocycles. The Hall–Kier alpha value is -3.37. The number of hydrogen-bond acceptors (Lipinski definition) is 5. The third-order valence-electron chi connectivity index (χ3n) is 7.34. The third-order valence-corrected chi connectivity index (χ3v) is 9.65. The molecule has 3 aromatic carbocycles. The van der Waals surface area contributed by atoms with Crippen LogP contribution in [0.2, 0.25) is 0 Å². The lowest BCUT2D eigenvalue weighted by Gasteiger charge is -2.33. The summed E-state index contributed by atoms with van der Waals surface area (Å²) in [6, 6.07) is 21.3. The molecule has 1 aliphatic rings. The van der Waals surface area contributed by atoms with Crippen molar-refractivity contribution in [2.24, 2.45) is 0 Å². The van der Waals surface area contributed by atoms with Gasteiger partial charge >= 0.3 is 0 Å². The number of hydrogen-bond donors (Lipinski definition) is 1. The van der Waals surface area contributed by atoms with Gasteiger partial charge in [0.15, 0.2) is 0 Å². The van der Waals surface area contributed by atoms with Crippen molar-refractivity contribution in [2.75, 3.05) is 18.0 Å². The van der Waals surface area contributed by atoms with Gasteiger partial charge in [0.2, 0.25) is 11.8 Å². The van der Waals surface area contributed by atoms with Crippen LogP contribution in [-0.2, 0) is 26.2 Å². The molecule has 0 heterocycles. The summed E-state index contributed by atoms with van der Waals surface area (Å²) in [5.41, 5.74) is 1.10. The maximum atomic E-state index is 14.1. The van der Waals surface area contributed by atoms with Gasteiger partial charge in [-0.25, -0.2) is 8.42 Å². The van der Waals surface area contributed by atoms with Crippen LogP contribution in [0.1, 0.15) is 44.6 Å². The molecule has 1 aliphatic carbocycles. The average molecular weight is 643 g/mol. The van der Waals surface area contributed by atoms with Crippen molar-refractivity contribution in [1.29, 1.82) is 0 Å². The summed E-state index contributed by atoms with van der Waals surface area (Å²) in [5.74, 6) is -0.294. The predicted molar refractivity (Wildman–Crippen MR) is 163 cm³/mol. The first-order chi connectivity index (χ1) is 19.7. The zero-order valence-electron chi connectivity index (χ0n) is 23.3. The summed E-state index contributed by atoms with van der Waals surface area (Å²) >= 11 is 3.43. The van der Waals surface area contributed by atoms with Crippen molar-refractivity contribution in [3.05, 3.63) is 88.9 Å². The Morgan fingerprint density at radius 1 is 0.976 bits per heavy atom. The van der Waals surface area contributed by atoms with Crippen LogP contribution in [0, 0.1) is 0 Å². The number of benzene rings is 3. The van der Waals surface area contributed by atoms with Crippen molar-refractivity contribution in [3.63, 3.8) is 0 Å². The van der Waals surface area contributed by atoms with Gasteiger partial charge in [-0.05, 0) is 61.7 Å². The number of sulfonamides is 1. The second-order valence-electron chi connectivity index (χ2n) is 10.2. The van der Waals surface area contributed by atoms with Crippen molar-refractivity contribution in [3.8, 4) is 5.75 Å². The van der Waals surface area contributed by atoms with Crippen LogP contribution >= 0.6 is 15.9 Å². The van der Waals surface area contributed by atoms with E-state index >= 15 is 0 Å². The van der Waals surface area contributed by atoms with Gasteiger partial charge in [-0.15, -0.1) is 0 Å². The Kier molecular flexibility index (Phi) is 10.4. The number of nitrogens with one attached hydrogen (secondary N) is 1. The molecule has 2 amide bonds. The number of anilines is 1. The summed E-state index contributed by atoms with van der Waals surface area (Å²) in [6.45, 7) is 1.33. The van der Waals surface area contributed by atoms with Gasteiger partial charge in [-0.2, -0.15) is 0 Å². The van der Waals surface area contributed by atoms with Crippen LogP contribution < -0.4 is 14.4 Å². The second-order valence-corrected chi connectivity index (χ2v) is 13.0. The molecule has 0 unspecified atom stereocenters. The molecule has 4 rings (SSSR count). The molecular formula is C31H36BrN3O5S. The van der Waals surface area contributed by atoms with E-state index in [1.807, 2.05) is 24.3 Å². The molecule has 0 radical (unpaired) electrons. The number of carbonyl (C=O) groups excluding carboxylic acids is 2. The molecule has 0 spiro atoms. The summed E-state index contributed by atoms with van der Waals surface area (Å²) in [6.07, 6.45) is 5.11. The molecule has 1 atom stereocenters. The lowest BCUT2D eigenvalue weighted by Crippen LogP contribution is -2.53. The minimum atomic E-state index is -4.13. The normalized spacial score (nSPS) is 14.6. The fourth-order valence-corrected chi connectivity index (χ4v) is 6.64. The van der Waals surface area contributed by atoms with Gasteiger partial charge in [0.05, 0.1) is 17.7 Å². The Morgan fingerprint density at radius 3 is 2.32 bits per heavy atom. The van der Waals surface area contributed by atoms with Gasteiger partial charge in [-0.3, -0.25) is 13.9 Å². The minimum Gasteiger partial charge on any atom is -0.497 e. The molecule has 3 aromatic rings. The van der Waals surface area contributed by atoms with Gasteiger partial charge in [0.1, 0.15) is 18.3 Å². The molecule has 0 saturated heterocycles. The Balaban J connectivity index is 1.67. The highest BCUT2D eigenvalue weighted by molar-refractivity contribution is 9.10. The highest BCUT2D eigenvalue weighted by Crippen LogP contribution is 2.28. The number of rotatable bonds is 11. The number of ether oxygens (including phenoxy) is 1. The van der Waals surface area contributed by atoms with E-state index in [9.17, 15) is 18.0 Å². The largest absolute Gasteiger partial charge is 0.497 e. The maximum absolute atomic E-state index is 14.1. The molecule has 0 aromatic heterocycles. The molecule has 41 heavy (non-hydrogen) atoms. The summed E-state index contributed by atoms with van der Waals surface area (Å²) in [4.78, 5) is 29.0. The number of nitrogens with zero attached hydrogens (tertiary/aromatic N) is 2. The van der Waals surface area contributed by atoms with Crippen molar-refractivity contribution < 1.29 is 22.7 Å². The van der Waals surface area contributed by atoms with E-state index in [2.05, 4.69) is 21.2 Å². The van der Waals surface area contributed by atoms with Crippen molar-refractivity contribution in [2.45, 2.75) is 62.6 Å². The first-order valence-electron chi connectivity index (χ1n) is 13.7. The van der Waals surface area contributed by atoms with E-state index in [1.54, 1.807) is 49.4 Å². The zero-order chi connectivity index (χ0) is 29.4.